The minimum absolute atomic E-state index is 0.0129. The Morgan fingerprint density at radius 3 is 2.54 bits per heavy atom. The summed E-state index contributed by atoms with van der Waals surface area (Å²) < 4.78 is 5.44. The number of carbonyl (C=O) groups is 2. The van der Waals surface area contributed by atoms with E-state index in [2.05, 4.69) is 9.88 Å². The van der Waals surface area contributed by atoms with Crippen molar-refractivity contribution in [1.29, 1.82) is 0 Å². The van der Waals surface area contributed by atoms with Crippen LogP contribution in [-0.2, 0) is 9.53 Å². The first-order valence-electron chi connectivity index (χ1n) is 9.19. The van der Waals surface area contributed by atoms with Crippen LogP contribution in [-0.4, -0.2) is 77.2 Å². The third-order valence-corrected chi connectivity index (χ3v) is 7.21. The summed E-state index contributed by atoms with van der Waals surface area (Å²) in [6, 6.07) is 0.404. The molecule has 3 aliphatic rings. The number of aromatic nitrogens is 1. The molecule has 0 aromatic carbocycles. The molecule has 3 saturated heterocycles. The molecule has 0 unspecified atom stereocenters. The molecule has 0 radical (unpaired) electrons. The molecule has 7 nitrogen and oxygen atoms in total. The highest BCUT2D eigenvalue weighted by Gasteiger charge is 2.59. The fourth-order valence-electron chi connectivity index (χ4n) is 4.76. The average molecular weight is 379 g/mol. The zero-order chi connectivity index (χ0) is 18.5. The largest absolute Gasteiger partial charge is 0.481 e. The molecule has 26 heavy (non-hydrogen) atoms. The van der Waals surface area contributed by atoms with Crippen LogP contribution in [0.3, 0.4) is 0 Å². The molecule has 4 heterocycles. The topological polar surface area (TPSA) is 83.0 Å². The highest BCUT2D eigenvalue weighted by atomic mass is 32.1. The molecule has 3 aliphatic heterocycles. The first-order chi connectivity index (χ1) is 12.4. The van der Waals surface area contributed by atoms with Crippen LogP contribution in [0.2, 0.25) is 0 Å². The van der Waals surface area contributed by atoms with Gasteiger partial charge >= 0.3 is 5.97 Å². The first kappa shape index (κ1) is 17.9. The van der Waals surface area contributed by atoms with Crippen LogP contribution in [0.1, 0.15) is 33.2 Å². The highest BCUT2D eigenvalue weighted by Crippen LogP contribution is 2.45. The van der Waals surface area contributed by atoms with Crippen LogP contribution >= 0.6 is 11.3 Å². The number of rotatable bonds is 3. The minimum Gasteiger partial charge on any atom is -0.481 e. The van der Waals surface area contributed by atoms with Crippen LogP contribution in [0, 0.1) is 25.2 Å². The monoisotopic (exact) mass is 379 g/mol. The summed E-state index contributed by atoms with van der Waals surface area (Å²) in [4.78, 5) is 34.2. The average Bonchev–Trinajstić information content (AvgIpc) is 3.25. The second-order valence-corrected chi connectivity index (χ2v) is 8.97. The first-order valence-corrected chi connectivity index (χ1v) is 10.0. The molecule has 2 atom stereocenters. The molecule has 1 aromatic heterocycles. The predicted octanol–water partition coefficient (Wildman–Crippen LogP) is 1.40. The summed E-state index contributed by atoms with van der Waals surface area (Å²) in [5.74, 6) is -0.855. The number of aliphatic carboxylic acids is 1. The fraction of sp³-hybridized carbons (Fsp3) is 0.722. The molecular formula is C18H25N3O4S. The predicted molar refractivity (Wildman–Crippen MR) is 96.5 cm³/mol. The number of likely N-dealkylation sites (tertiary alicyclic amines) is 2. The van der Waals surface area contributed by atoms with E-state index >= 15 is 0 Å². The lowest BCUT2D eigenvalue weighted by Crippen LogP contribution is -2.45. The standard InChI is InChI=1S/C18H25N3O4S/c1-11-15(26-12(2)19-11)16(22)21-8-13-7-20(14-3-5-25-6-4-14)9-18(13,10-21)17(23)24/h13-14H,3-10H2,1-2H3,(H,23,24)/t13-,18-/m0/s1. The number of carboxylic acid groups (broad SMARTS) is 1. The smallest absolute Gasteiger partial charge is 0.313 e. The van der Waals surface area contributed by atoms with Gasteiger partial charge in [-0.3, -0.25) is 14.5 Å². The van der Waals surface area contributed by atoms with Crippen LogP contribution in [0.25, 0.3) is 0 Å². The normalized spacial score (nSPS) is 29.9. The van der Waals surface area contributed by atoms with E-state index in [-0.39, 0.29) is 11.8 Å². The summed E-state index contributed by atoms with van der Waals surface area (Å²) in [6.07, 6.45) is 1.93. The van der Waals surface area contributed by atoms with E-state index in [0.717, 1.165) is 43.3 Å². The van der Waals surface area contributed by atoms with Gasteiger partial charge in [0.2, 0.25) is 0 Å². The number of fused-ring (bicyclic) bond motifs is 1. The Bertz CT molecular complexity index is 730. The Labute approximate surface area is 156 Å². The van der Waals surface area contributed by atoms with E-state index in [0.29, 0.717) is 30.6 Å². The molecule has 0 saturated carbocycles. The molecule has 0 spiro atoms. The molecule has 142 valence electrons. The SMILES string of the molecule is Cc1nc(C)c(C(=O)N2C[C@@H]3CN(C4CCOCC4)C[C@]3(C(=O)O)C2)s1. The van der Waals surface area contributed by atoms with E-state index in [4.69, 9.17) is 4.74 Å². The molecule has 1 N–H and O–H groups in total. The second-order valence-electron chi connectivity index (χ2n) is 7.76. The number of carbonyl (C=O) groups excluding carboxylic acids is 1. The summed E-state index contributed by atoms with van der Waals surface area (Å²) in [5.41, 5.74) is -0.107. The van der Waals surface area contributed by atoms with Gasteiger partial charge in [-0.05, 0) is 26.7 Å². The Morgan fingerprint density at radius 1 is 1.23 bits per heavy atom. The minimum atomic E-state index is -0.846. The fourth-order valence-corrected chi connectivity index (χ4v) is 5.65. The van der Waals surface area contributed by atoms with Crippen molar-refractivity contribution in [3.05, 3.63) is 15.6 Å². The number of hydrogen-bond donors (Lipinski definition) is 1. The quantitative estimate of drug-likeness (QED) is 0.855. The Hall–Kier alpha value is -1.51. The molecule has 3 fully saturated rings. The zero-order valence-corrected chi connectivity index (χ0v) is 16.0. The van der Waals surface area contributed by atoms with Gasteiger partial charge in [-0.15, -0.1) is 11.3 Å². The van der Waals surface area contributed by atoms with Gasteiger partial charge in [0.05, 0.1) is 10.7 Å². The van der Waals surface area contributed by atoms with E-state index in [1.807, 2.05) is 13.8 Å². The second kappa shape index (κ2) is 6.58. The molecule has 0 aliphatic carbocycles. The van der Waals surface area contributed by atoms with Crippen molar-refractivity contribution in [2.45, 2.75) is 32.7 Å². The van der Waals surface area contributed by atoms with Gasteiger partial charge in [-0.2, -0.15) is 0 Å². The van der Waals surface area contributed by atoms with Gasteiger partial charge in [0, 0.05) is 51.4 Å². The van der Waals surface area contributed by atoms with E-state index in [1.54, 1.807) is 4.90 Å². The third-order valence-electron chi connectivity index (χ3n) is 6.15. The molecule has 1 amide bonds. The number of amides is 1. The Balaban J connectivity index is 1.52. The van der Waals surface area contributed by atoms with Crippen molar-refractivity contribution in [2.75, 3.05) is 39.4 Å². The molecule has 0 bridgehead atoms. The molecule has 4 rings (SSSR count). The van der Waals surface area contributed by atoms with Crippen molar-refractivity contribution >= 4 is 23.2 Å². The Kier molecular flexibility index (Phi) is 4.53. The summed E-state index contributed by atoms with van der Waals surface area (Å²) in [6.45, 7) is 7.32. The number of hydrogen-bond acceptors (Lipinski definition) is 6. The molecule has 8 heteroatoms. The van der Waals surface area contributed by atoms with Crippen LogP contribution < -0.4 is 0 Å². The highest BCUT2D eigenvalue weighted by molar-refractivity contribution is 7.13. The maximum absolute atomic E-state index is 12.9. The summed E-state index contributed by atoms with van der Waals surface area (Å²) >= 11 is 1.39. The van der Waals surface area contributed by atoms with Crippen molar-refractivity contribution in [1.82, 2.24) is 14.8 Å². The van der Waals surface area contributed by atoms with Crippen molar-refractivity contribution in [3.8, 4) is 0 Å². The van der Waals surface area contributed by atoms with Gasteiger partial charge < -0.3 is 14.7 Å². The maximum Gasteiger partial charge on any atom is 0.313 e. The van der Waals surface area contributed by atoms with Gasteiger partial charge in [0.1, 0.15) is 10.3 Å². The number of aryl methyl sites for hydroxylation is 2. The maximum atomic E-state index is 12.9. The van der Waals surface area contributed by atoms with Crippen molar-refractivity contribution in [3.63, 3.8) is 0 Å². The third kappa shape index (κ3) is 2.84. The van der Waals surface area contributed by atoms with Crippen molar-refractivity contribution in [2.24, 2.45) is 11.3 Å². The number of nitrogens with zero attached hydrogens (tertiary/aromatic N) is 3. The van der Waals surface area contributed by atoms with Gasteiger partial charge in [0.25, 0.3) is 5.91 Å². The van der Waals surface area contributed by atoms with Gasteiger partial charge in [-0.1, -0.05) is 0 Å². The molecule has 1 aromatic rings. The van der Waals surface area contributed by atoms with Gasteiger partial charge in [-0.25, -0.2) is 4.98 Å². The number of carboxylic acids is 1. The lowest BCUT2D eigenvalue weighted by Gasteiger charge is -2.33. The van der Waals surface area contributed by atoms with Crippen LogP contribution in [0.15, 0.2) is 0 Å². The molecular weight excluding hydrogens is 354 g/mol. The van der Waals surface area contributed by atoms with E-state index in [1.165, 1.54) is 11.3 Å². The zero-order valence-electron chi connectivity index (χ0n) is 15.2. The Morgan fingerprint density at radius 2 is 1.96 bits per heavy atom. The van der Waals surface area contributed by atoms with Crippen LogP contribution in [0.4, 0.5) is 0 Å². The lowest BCUT2D eigenvalue weighted by atomic mass is 9.81. The number of ether oxygens (including phenoxy) is 1. The lowest BCUT2D eigenvalue weighted by molar-refractivity contribution is -0.148. The number of thiazole rings is 1. The summed E-state index contributed by atoms with van der Waals surface area (Å²) in [7, 11) is 0. The van der Waals surface area contributed by atoms with E-state index < -0.39 is 11.4 Å². The van der Waals surface area contributed by atoms with Gasteiger partial charge in [0.15, 0.2) is 0 Å². The van der Waals surface area contributed by atoms with Crippen LogP contribution in [0.5, 0.6) is 0 Å². The van der Waals surface area contributed by atoms with Crippen molar-refractivity contribution < 1.29 is 19.4 Å². The summed E-state index contributed by atoms with van der Waals surface area (Å²) in [5, 5.41) is 10.9. The van der Waals surface area contributed by atoms with E-state index in [9.17, 15) is 14.7 Å².